The fourth-order valence-corrected chi connectivity index (χ4v) is 4.73. The highest BCUT2D eigenvalue weighted by molar-refractivity contribution is 9.10. The van der Waals surface area contributed by atoms with Crippen LogP contribution in [0.25, 0.3) is 10.9 Å². The summed E-state index contributed by atoms with van der Waals surface area (Å²) in [5.74, 6) is 0.548. The number of carbonyl (C=O) groups excluding carboxylic acids is 2. The largest absolute Gasteiger partial charge is 0.491 e. The van der Waals surface area contributed by atoms with Gasteiger partial charge in [-0.15, -0.1) is 0 Å². The number of carbonyl (C=O) groups is 2. The van der Waals surface area contributed by atoms with Crippen molar-refractivity contribution >= 4 is 55.9 Å². The second kappa shape index (κ2) is 13.3. The van der Waals surface area contributed by atoms with E-state index in [9.17, 15) is 9.59 Å². The molecule has 1 aliphatic rings. The van der Waals surface area contributed by atoms with Crippen LogP contribution in [-0.4, -0.2) is 59.6 Å². The molecule has 4 rings (SSSR count). The number of ether oxygens (including phenoxy) is 2. The summed E-state index contributed by atoms with van der Waals surface area (Å²) in [6.07, 6.45) is 7.63. The molecule has 0 aliphatic heterocycles. The van der Waals surface area contributed by atoms with Gasteiger partial charge in [-0.05, 0) is 69.5 Å². The van der Waals surface area contributed by atoms with Gasteiger partial charge in [0.15, 0.2) is 0 Å². The lowest BCUT2D eigenvalue weighted by atomic mass is 10.1. The van der Waals surface area contributed by atoms with Crippen LogP contribution >= 0.6 is 15.9 Å². The van der Waals surface area contributed by atoms with Gasteiger partial charge >= 0.3 is 5.97 Å². The summed E-state index contributed by atoms with van der Waals surface area (Å²) in [7, 11) is 1.89. The van der Waals surface area contributed by atoms with E-state index < -0.39 is 0 Å². The van der Waals surface area contributed by atoms with E-state index in [4.69, 9.17) is 9.47 Å². The molecule has 1 aromatic heterocycles. The number of fused-ring (bicyclic) bond motifs is 1. The molecular weight excluding hydrogens is 550 g/mol. The summed E-state index contributed by atoms with van der Waals surface area (Å²) in [6, 6.07) is 11.3. The smallest absolute Gasteiger partial charge is 0.320 e. The summed E-state index contributed by atoms with van der Waals surface area (Å²) < 4.78 is 12.5. The first-order chi connectivity index (χ1) is 18.4. The minimum absolute atomic E-state index is 0.0745. The minimum atomic E-state index is -0.354. The first-order valence-electron chi connectivity index (χ1n) is 12.7. The van der Waals surface area contributed by atoms with E-state index in [0.29, 0.717) is 42.3 Å². The van der Waals surface area contributed by atoms with Gasteiger partial charge in [0.1, 0.15) is 24.0 Å². The van der Waals surface area contributed by atoms with Gasteiger partial charge in [-0.2, -0.15) is 0 Å². The van der Waals surface area contributed by atoms with E-state index >= 15 is 0 Å². The van der Waals surface area contributed by atoms with Crippen molar-refractivity contribution in [3.05, 3.63) is 59.9 Å². The Hall–Kier alpha value is -3.50. The normalized spacial score (nSPS) is 13.4. The number of likely N-dealkylation sites (N-methyl/N-ethyl adjacent to an activating group) is 1. The number of anilines is 3. The van der Waals surface area contributed by atoms with Gasteiger partial charge in [0.05, 0.1) is 24.4 Å². The Bertz CT molecular complexity index is 1300. The number of nitrogens with one attached hydrogen (secondary N) is 2. The molecule has 0 saturated heterocycles. The van der Waals surface area contributed by atoms with Gasteiger partial charge in [-0.3, -0.25) is 14.5 Å². The molecule has 38 heavy (non-hydrogen) atoms. The number of aromatic nitrogens is 2. The van der Waals surface area contributed by atoms with E-state index in [1.165, 1.54) is 12.4 Å². The van der Waals surface area contributed by atoms with Crippen LogP contribution in [0.1, 0.15) is 32.1 Å². The molecule has 2 aromatic carbocycles. The number of benzene rings is 2. The highest BCUT2D eigenvalue weighted by Crippen LogP contribution is 2.34. The van der Waals surface area contributed by atoms with Crippen molar-refractivity contribution in [3.63, 3.8) is 0 Å². The van der Waals surface area contributed by atoms with Gasteiger partial charge < -0.3 is 20.1 Å². The lowest BCUT2D eigenvalue weighted by Crippen LogP contribution is -2.30. The van der Waals surface area contributed by atoms with E-state index in [1.807, 2.05) is 36.2 Å². The molecule has 10 heteroatoms. The summed E-state index contributed by atoms with van der Waals surface area (Å²) in [6.45, 7) is 4.84. The maximum atomic E-state index is 12.2. The first kappa shape index (κ1) is 27.5. The van der Waals surface area contributed by atoms with Gasteiger partial charge in [0.25, 0.3) is 0 Å². The average Bonchev–Trinajstić information content (AvgIpc) is 3.40. The van der Waals surface area contributed by atoms with Gasteiger partial charge in [0.2, 0.25) is 5.91 Å². The summed E-state index contributed by atoms with van der Waals surface area (Å²) in [5, 5.41) is 6.85. The molecule has 200 valence electrons. The molecular formula is C28H32BrN5O4. The molecule has 2 N–H and O–H groups in total. The zero-order valence-electron chi connectivity index (χ0n) is 21.4. The predicted molar refractivity (Wildman–Crippen MR) is 152 cm³/mol. The quantitative estimate of drug-likeness (QED) is 0.165. The third-order valence-corrected chi connectivity index (χ3v) is 6.70. The summed E-state index contributed by atoms with van der Waals surface area (Å²) >= 11 is 3.48. The molecule has 1 saturated carbocycles. The fraction of sp³-hybridized carbons (Fsp3) is 0.357. The Morgan fingerprint density at radius 3 is 2.79 bits per heavy atom. The first-order valence-corrected chi connectivity index (χ1v) is 13.5. The van der Waals surface area contributed by atoms with Crippen molar-refractivity contribution in [1.82, 2.24) is 14.9 Å². The number of nitrogens with zero attached hydrogens (tertiary/aromatic N) is 3. The van der Waals surface area contributed by atoms with Crippen molar-refractivity contribution in [2.75, 3.05) is 37.4 Å². The molecule has 0 bridgehead atoms. The maximum absolute atomic E-state index is 12.2. The van der Waals surface area contributed by atoms with Gasteiger partial charge in [-0.1, -0.05) is 28.6 Å². The Morgan fingerprint density at radius 2 is 2.03 bits per heavy atom. The number of amides is 1. The van der Waals surface area contributed by atoms with E-state index in [2.05, 4.69) is 43.1 Å². The molecule has 0 spiro atoms. The number of hydrogen-bond donors (Lipinski definition) is 2. The van der Waals surface area contributed by atoms with Gasteiger partial charge in [0, 0.05) is 28.2 Å². The third kappa shape index (κ3) is 7.75. The molecule has 3 aromatic rings. The summed E-state index contributed by atoms with van der Waals surface area (Å²) in [5.41, 5.74) is 2.01. The zero-order valence-corrected chi connectivity index (χ0v) is 23.0. The molecule has 1 aliphatic carbocycles. The zero-order chi connectivity index (χ0) is 26.9. The van der Waals surface area contributed by atoms with Crippen molar-refractivity contribution in [2.24, 2.45) is 0 Å². The molecule has 1 heterocycles. The monoisotopic (exact) mass is 581 g/mol. The second-order valence-electron chi connectivity index (χ2n) is 9.25. The maximum Gasteiger partial charge on any atom is 0.320 e. The van der Waals surface area contributed by atoms with Crippen LogP contribution in [0.15, 0.2) is 59.9 Å². The van der Waals surface area contributed by atoms with Crippen molar-refractivity contribution in [1.29, 1.82) is 0 Å². The Kier molecular flexibility index (Phi) is 9.67. The second-order valence-corrected chi connectivity index (χ2v) is 10.2. The molecule has 9 nitrogen and oxygen atoms in total. The van der Waals surface area contributed by atoms with E-state index in [-0.39, 0.29) is 24.5 Å². The van der Waals surface area contributed by atoms with Crippen molar-refractivity contribution in [3.8, 4) is 5.75 Å². The highest BCUT2D eigenvalue weighted by atomic mass is 79.9. The molecule has 0 unspecified atom stereocenters. The topological polar surface area (TPSA) is 106 Å². The minimum Gasteiger partial charge on any atom is -0.491 e. The SMILES string of the molecule is C=CC(=O)Nc1cc2c(Nc3cccc(Br)c3)ncnc2cc1OCCCN(C)CC(=O)OC1CCCC1. The number of esters is 1. The van der Waals surface area contributed by atoms with Crippen LogP contribution in [0.4, 0.5) is 17.2 Å². The Balaban J connectivity index is 1.41. The van der Waals surface area contributed by atoms with E-state index in [1.54, 1.807) is 12.1 Å². The Labute approximate surface area is 230 Å². The van der Waals surface area contributed by atoms with Crippen LogP contribution in [-0.2, 0) is 14.3 Å². The van der Waals surface area contributed by atoms with Crippen LogP contribution in [0.5, 0.6) is 5.75 Å². The fourth-order valence-electron chi connectivity index (χ4n) is 4.33. The van der Waals surface area contributed by atoms with Crippen LogP contribution in [0.3, 0.4) is 0 Å². The standard InChI is InChI=1S/C28H32BrN5O4/c1-3-26(35)33-24-15-22-23(30-18-31-28(22)32-20-9-6-8-19(29)14-20)16-25(24)37-13-7-12-34(2)17-27(36)38-21-10-4-5-11-21/h3,6,8-9,14-16,18,21H,1,4-5,7,10-13,17H2,2H3,(H,33,35)(H,30,31,32). The molecule has 0 radical (unpaired) electrons. The summed E-state index contributed by atoms with van der Waals surface area (Å²) in [4.78, 5) is 35.0. The average molecular weight is 582 g/mol. The third-order valence-electron chi connectivity index (χ3n) is 6.21. The highest BCUT2D eigenvalue weighted by Gasteiger charge is 2.20. The van der Waals surface area contributed by atoms with Crippen LogP contribution in [0, 0.1) is 0 Å². The van der Waals surface area contributed by atoms with Gasteiger partial charge in [-0.25, -0.2) is 9.97 Å². The lowest BCUT2D eigenvalue weighted by Gasteiger charge is -2.18. The van der Waals surface area contributed by atoms with Crippen molar-refractivity contribution < 1.29 is 19.1 Å². The molecule has 0 atom stereocenters. The lowest BCUT2D eigenvalue weighted by molar-refractivity contribution is -0.149. The Morgan fingerprint density at radius 1 is 1.21 bits per heavy atom. The number of hydrogen-bond acceptors (Lipinski definition) is 8. The van der Waals surface area contributed by atoms with Crippen molar-refractivity contribution in [2.45, 2.75) is 38.2 Å². The molecule has 1 amide bonds. The number of rotatable bonds is 12. The molecule has 1 fully saturated rings. The van der Waals surface area contributed by atoms with Crippen LogP contribution in [0.2, 0.25) is 0 Å². The predicted octanol–water partition coefficient (Wildman–Crippen LogP) is 5.45. The van der Waals surface area contributed by atoms with E-state index in [0.717, 1.165) is 41.2 Å². The number of halogens is 1. The van der Waals surface area contributed by atoms with Crippen LogP contribution < -0.4 is 15.4 Å².